The van der Waals surface area contributed by atoms with Crippen LogP contribution in [0.5, 0.6) is 0 Å². The van der Waals surface area contributed by atoms with Gasteiger partial charge in [-0.05, 0) is 51.1 Å². The number of pyridine rings is 1. The van der Waals surface area contributed by atoms with Gasteiger partial charge in [0.1, 0.15) is 12.4 Å². The van der Waals surface area contributed by atoms with E-state index in [-0.39, 0.29) is 29.9 Å². The van der Waals surface area contributed by atoms with Crippen LogP contribution < -0.4 is 10.5 Å². The molecule has 5 heteroatoms. The summed E-state index contributed by atoms with van der Waals surface area (Å²) in [6, 6.07) is 9.11. The molecule has 1 heterocycles. The van der Waals surface area contributed by atoms with E-state index in [1.807, 2.05) is 13.8 Å². The molecule has 0 aliphatic heterocycles. The second-order valence-corrected chi connectivity index (χ2v) is 5.46. The molecular weight excluding hydrogens is 283 g/mol. The van der Waals surface area contributed by atoms with Crippen molar-refractivity contribution in [3.8, 4) is 0 Å². The van der Waals surface area contributed by atoms with E-state index < -0.39 is 0 Å². The predicted octanol–water partition coefficient (Wildman–Crippen LogP) is 2.74. The minimum atomic E-state index is -0.352. The molecule has 1 amide bonds. The molecule has 0 N–H and O–H groups in total. The van der Waals surface area contributed by atoms with Crippen molar-refractivity contribution in [2.24, 2.45) is 0 Å². The Bertz CT molecular complexity index is 720. The average molecular weight is 302 g/mol. The zero-order valence-corrected chi connectivity index (χ0v) is 12.9. The van der Waals surface area contributed by atoms with Crippen molar-refractivity contribution >= 4 is 11.6 Å². The predicted molar refractivity (Wildman–Crippen MR) is 84.5 cm³/mol. The molecule has 0 bridgehead atoms. The number of benzene rings is 1. The van der Waals surface area contributed by atoms with Gasteiger partial charge in [0.05, 0.1) is 0 Å². The van der Waals surface area contributed by atoms with Crippen LogP contribution in [0, 0.1) is 12.7 Å². The number of carbonyl (C=O) groups is 1. The number of carbonyl (C=O) groups excluding carboxylic acids is 1. The van der Waals surface area contributed by atoms with E-state index in [0.29, 0.717) is 11.3 Å². The molecule has 2 aromatic rings. The Kier molecular flexibility index (Phi) is 4.75. The molecule has 4 nitrogen and oxygen atoms in total. The quantitative estimate of drug-likeness (QED) is 0.871. The summed E-state index contributed by atoms with van der Waals surface area (Å²) in [5, 5.41) is 0. The Balaban J connectivity index is 2.29. The molecule has 0 radical (unpaired) electrons. The van der Waals surface area contributed by atoms with Gasteiger partial charge in [0.25, 0.3) is 5.56 Å². The van der Waals surface area contributed by atoms with Gasteiger partial charge in [-0.3, -0.25) is 9.59 Å². The van der Waals surface area contributed by atoms with Gasteiger partial charge in [0, 0.05) is 23.5 Å². The molecule has 0 unspecified atom stereocenters. The molecule has 116 valence electrons. The first-order valence-electron chi connectivity index (χ1n) is 7.14. The first-order chi connectivity index (χ1) is 10.4. The van der Waals surface area contributed by atoms with Crippen LogP contribution in [0.25, 0.3) is 0 Å². The average Bonchev–Trinajstić information content (AvgIpc) is 2.46. The number of hydrogen-bond acceptors (Lipinski definition) is 2. The monoisotopic (exact) mass is 302 g/mol. The van der Waals surface area contributed by atoms with Crippen LogP contribution >= 0.6 is 0 Å². The van der Waals surface area contributed by atoms with Gasteiger partial charge in [0.2, 0.25) is 5.91 Å². The number of nitrogens with zero attached hydrogens (tertiary/aromatic N) is 2. The molecule has 0 spiro atoms. The summed E-state index contributed by atoms with van der Waals surface area (Å²) in [6.45, 7) is 5.42. The number of rotatable bonds is 4. The van der Waals surface area contributed by atoms with Gasteiger partial charge in [-0.15, -0.1) is 0 Å². The highest BCUT2D eigenvalue weighted by molar-refractivity contribution is 5.93. The molecule has 0 aliphatic rings. The van der Waals surface area contributed by atoms with Crippen molar-refractivity contribution in [3.63, 3.8) is 0 Å². The first-order valence-corrected chi connectivity index (χ1v) is 7.14. The van der Waals surface area contributed by atoms with E-state index in [9.17, 15) is 14.0 Å². The van der Waals surface area contributed by atoms with Gasteiger partial charge < -0.3 is 9.47 Å². The van der Waals surface area contributed by atoms with E-state index in [4.69, 9.17) is 0 Å². The van der Waals surface area contributed by atoms with Crippen molar-refractivity contribution < 1.29 is 9.18 Å². The summed E-state index contributed by atoms with van der Waals surface area (Å²) in [6.07, 6.45) is 1.59. The maximum absolute atomic E-state index is 13.0. The van der Waals surface area contributed by atoms with Crippen molar-refractivity contribution in [3.05, 3.63) is 64.3 Å². The molecule has 1 aromatic heterocycles. The van der Waals surface area contributed by atoms with Crippen LogP contribution in [-0.2, 0) is 11.3 Å². The summed E-state index contributed by atoms with van der Waals surface area (Å²) in [5.74, 6) is -0.566. The Morgan fingerprint density at radius 2 is 1.86 bits per heavy atom. The first kappa shape index (κ1) is 15.9. The van der Waals surface area contributed by atoms with Gasteiger partial charge >= 0.3 is 0 Å². The summed E-state index contributed by atoms with van der Waals surface area (Å²) >= 11 is 0. The molecule has 0 saturated heterocycles. The number of aryl methyl sites for hydroxylation is 1. The zero-order valence-electron chi connectivity index (χ0n) is 12.9. The lowest BCUT2D eigenvalue weighted by Gasteiger charge is -2.27. The van der Waals surface area contributed by atoms with E-state index in [0.717, 1.165) is 0 Å². The third-order valence-corrected chi connectivity index (χ3v) is 3.41. The van der Waals surface area contributed by atoms with Crippen LogP contribution in [-0.4, -0.2) is 16.5 Å². The number of halogens is 1. The minimum Gasteiger partial charge on any atom is -0.308 e. The summed E-state index contributed by atoms with van der Waals surface area (Å²) < 4.78 is 14.4. The summed E-state index contributed by atoms with van der Waals surface area (Å²) in [7, 11) is 0. The maximum Gasteiger partial charge on any atom is 0.253 e. The third kappa shape index (κ3) is 3.42. The normalized spacial score (nSPS) is 10.8. The maximum atomic E-state index is 13.0. The van der Waals surface area contributed by atoms with Crippen LogP contribution in [0.15, 0.2) is 47.4 Å². The molecule has 2 rings (SSSR count). The lowest BCUT2D eigenvalue weighted by Crippen LogP contribution is -2.41. The van der Waals surface area contributed by atoms with Gasteiger partial charge in [-0.2, -0.15) is 0 Å². The molecule has 0 atom stereocenters. The molecule has 22 heavy (non-hydrogen) atoms. The lowest BCUT2D eigenvalue weighted by atomic mass is 10.2. The number of hydrogen-bond donors (Lipinski definition) is 0. The number of anilines is 1. The van der Waals surface area contributed by atoms with Crippen molar-refractivity contribution in [2.75, 3.05) is 4.90 Å². The van der Waals surface area contributed by atoms with Crippen molar-refractivity contribution in [2.45, 2.75) is 33.4 Å². The largest absolute Gasteiger partial charge is 0.308 e. The number of aromatic nitrogens is 1. The summed E-state index contributed by atoms with van der Waals surface area (Å²) in [4.78, 5) is 26.2. The summed E-state index contributed by atoms with van der Waals surface area (Å²) in [5.41, 5.74) is 1.02. The van der Waals surface area contributed by atoms with Crippen LogP contribution in [0.3, 0.4) is 0 Å². The topological polar surface area (TPSA) is 42.3 Å². The van der Waals surface area contributed by atoms with Gasteiger partial charge in [0.15, 0.2) is 0 Å². The molecule has 0 fully saturated rings. The van der Waals surface area contributed by atoms with E-state index in [1.54, 1.807) is 42.3 Å². The van der Waals surface area contributed by atoms with Crippen molar-refractivity contribution in [1.82, 2.24) is 4.57 Å². The Morgan fingerprint density at radius 3 is 2.45 bits per heavy atom. The fourth-order valence-corrected chi connectivity index (χ4v) is 2.33. The Hall–Kier alpha value is -2.43. The second-order valence-electron chi connectivity index (χ2n) is 5.46. The zero-order chi connectivity index (χ0) is 16.3. The fraction of sp³-hybridized carbons (Fsp3) is 0.294. The van der Waals surface area contributed by atoms with Crippen molar-refractivity contribution in [1.29, 1.82) is 0 Å². The standard InChI is InChI=1S/C17H19FN2O2/c1-12(2)20(15-8-6-14(18)7-9-15)16(21)11-19-10-4-5-13(3)17(19)22/h4-10,12H,11H2,1-3H3. The molecule has 0 aliphatic carbocycles. The smallest absolute Gasteiger partial charge is 0.253 e. The number of amides is 1. The van der Waals surface area contributed by atoms with E-state index in [1.165, 1.54) is 16.7 Å². The van der Waals surface area contributed by atoms with Crippen LogP contribution in [0.4, 0.5) is 10.1 Å². The highest BCUT2D eigenvalue weighted by Gasteiger charge is 2.19. The highest BCUT2D eigenvalue weighted by Crippen LogP contribution is 2.18. The molecule has 1 aromatic carbocycles. The van der Waals surface area contributed by atoms with Gasteiger partial charge in [-0.1, -0.05) is 6.07 Å². The fourth-order valence-electron chi connectivity index (χ4n) is 2.33. The van der Waals surface area contributed by atoms with Crippen LogP contribution in [0.2, 0.25) is 0 Å². The Morgan fingerprint density at radius 1 is 1.23 bits per heavy atom. The van der Waals surface area contributed by atoms with Crippen LogP contribution in [0.1, 0.15) is 19.4 Å². The molecular formula is C17H19FN2O2. The molecule has 0 saturated carbocycles. The Labute approximate surface area is 128 Å². The minimum absolute atomic E-state index is 0.0456. The van der Waals surface area contributed by atoms with Gasteiger partial charge in [-0.25, -0.2) is 4.39 Å². The SMILES string of the molecule is Cc1cccn(CC(=O)N(c2ccc(F)cc2)C(C)C)c1=O. The third-order valence-electron chi connectivity index (χ3n) is 3.41. The highest BCUT2D eigenvalue weighted by atomic mass is 19.1. The second kappa shape index (κ2) is 6.56. The lowest BCUT2D eigenvalue weighted by molar-refractivity contribution is -0.119. The van der Waals surface area contributed by atoms with E-state index >= 15 is 0 Å². The van der Waals surface area contributed by atoms with E-state index in [2.05, 4.69) is 0 Å².